The fourth-order valence-electron chi connectivity index (χ4n) is 0.976. The van der Waals surface area contributed by atoms with E-state index >= 15 is 0 Å². The van der Waals surface area contributed by atoms with Crippen molar-refractivity contribution in [3.63, 3.8) is 0 Å². The van der Waals surface area contributed by atoms with Crippen LogP contribution in [0.2, 0.25) is 0 Å². The molecule has 1 aliphatic carbocycles. The smallest absolute Gasteiger partial charge is 0.466 e. The van der Waals surface area contributed by atoms with Crippen LogP contribution in [-0.4, -0.2) is 36.0 Å². The minimum absolute atomic E-state index is 0.313. The predicted molar refractivity (Wildman–Crippen MR) is 39.8 cm³/mol. The van der Waals surface area contributed by atoms with Crippen LogP contribution in [0, 0.1) is 5.92 Å². The number of ether oxygens (including phenoxy) is 1. The van der Waals surface area contributed by atoms with Gasteiger partial charge in [-0.2, -0.15) is 0 Å². The Kier molecular flexibility index (Phi) is 3.08. The number of carbonyl (C=O) groups is 1. The molecule has 1 rings (SSSR count). The van der Waals surface area contributed by atoms with Gasteiger partial charge in [-0.05, 0) is 13.3 Å². The molecule has 2 N–H and O–H groups in total. The second-order valence-electron chi connectivity index (χ2n) is 2.60. The third kappa shape index (κ3) is 2.47. The van der Waals surface area contributed by atoms with Crippen molar-refractivity contribution in [2.24, 2.45) is 5.92 Å². The van der Waals surface area contributed by atoms with E-state index in [4.69, 9.17) is 14.8 Å². The van der Waals surface area contributed by atoms with E-state index in [0.29, 0.717) is 13.0 Å². The van der Waals surface area contributed by atoms with E-state index in [1.54, 1.807) is 6.92 Å². The van der Waals surface area contributed by atoms with Gasteiger partial charge in [-0.1, -0.05) is 0 Å². The van der Waals surface area contributed by atoms with Gasteiger partial charge in [-0.3, -0.25) is 4.79 Å². The highest BCUT2D eigenvalue weighted by Gasteiger charge is 2.47. The lowest BCUT2D eigenvalue weighted by Gasteiger charge is -2.01. The zero-order valence-corrected chi connectivity index (χ0v) is 6.77. The molecule has 6 heteroatoms. The van der Waals surface area contributed by atoms with Crippen molar-refractivity contribution in [3.05, 3.63) is 0 Å². The van der Waals surface area contributed by atoms with Crippen molar-refractivity contribution >= 4 is 13.3 Å². The minimum Gasteiger partial charge on any atom is -0.466 e. The first-order chi connectivity index (χ1) is 5.65. The molecule has 0 amide bonds. The van der Waals surface area contributed by atoms with Gasteiger partial charge >= 0.3 is 13.3 Å². The topological polar surface area (TPSA) is 76.0 Å². The fraction of sp³-hybridized carbons (Fsp3) is 0.833. The Hall–Kier alpha value is -0.585. The number of hydrogen-bond donors (Lipinski definition) is 2. The van der Waals surface area contributed by atoms with E-state index in [2.05, 4.69) is 4.65 Å². The average Bonchev–Trinajstić information content (AvgIpc) is 2.67. The lowest BCUT2D eigenvalue weighted by atomic mass is 10.2. The molecule has 1 saturated carbocycles. The Labute approximate surface area is 70.5 Å². The lowest BCUT2D eigenvalue weighted by Crippen LogP contribution is -2.21. The first kappa shape index (κ1) is 9.50. The molecule has 68 valence electrons. The maximum Gasteiger partial charge on any atom is 0.634 e. The number of hydrogen-bond acceptors (Lipinski definition) is 5. The quantitative estimate of drug-likeness (QED) is 0.419. The summed E-state index contributed by atoms with van der Waals surface area (Å²) in [7, 11) is -1.80. The molecule has 0 bridgehead atoms. The molecule has 0 aromatic heterocycles. The van der Waals surface area contributed by atoms with Crippen LogP contribution >= 0.6 is 0 Å². The van der Waals surface area contributed by atoms with Crippen LogP contribution in [0.5, 0.6) is 0 Å². The summed E-state index contributed by atoms with van der Waals surface area (Å²) < 4.78 is 9.25. The van der Waals surface area contributed by atoms with Gasteiger partial charge in [0.05, 0.1) is 18.6 Å². The minimum atomic E-state index is -1.80. The number of carbonyl (C=O) groups excluding carboxylic acids is 1. The summed E-state index contributed by atoms with van der Waals surface area (Å²) in [6, 6.07) is 0. The van der Waals surface area contributed by atoms with Gasteiger partial charge in [0.25, 0.3) is 0 Å². The number of esters is 1. The predicted octanol–water partition coefficient (Wildman–Crippen LogP) is -1.08. The first-order valence-corrected chi connectivity index (χ1v) is 3.83. The Balaban J connectivity index is 2.18. The second-order valence-corrected chi connectivity index (χ2v) is 2.60. The van der Waals surface area contributed by atoms with Crippen LogP contribution in [0.1, 0.15) is 13.3 Å². The SMILES string of the molecule is CCOC(=O)C1CC1OB(O)O. The summed E-state index contributed by atoms with van der Waals surface area (Å²) in [5, 5.41) is 16.7. The zero-order chi connectivity index (χ0) is 9.14. The van der Waals surface area contributed by atoms with Crippen molar-refractivity contribution in [1.29, 1.82) is 0 Å². The molecule has 0 aliphatic heterocycles. The first-order valence-electron chi connectivity index (χ1n) is 3.83. The Morgan fingerprint density at radius 1 is 1.67 bits per heavy atom. The molecule has 0 heterocycles. The highest BCUT2D eigenvalue weighted by molar-refractivity contribution is 6.32. The van der Waals surface area contributed by atoms with Crippen LogP contribution in [0.25, 0.3) is 0 Å². The van der Waals surface area contributed by atoms with E-state index in [9.17, 15) is 4.79 Å². The third-order valence-electron chi connectivity index (χ3n) is 1.62. The Morgan fingerprint density at radius 2 is 2.33 bits per heavy atom. The van der Waals surface area contributed by atoms with Gasteiger partial charge < -0.3 is 19.4 Å². The highest BCUT2D eigenvalue weighted by atomic mass is 16.6. The molecule has 0 saturated heterocycles. The van der Waals surface area contributed by atoms with Gasteiger partial charge in [0.2, 0.25) is 0 Å². The molecule has 5 nitrogen and oxygen atoms in total. The molecular formula is C6H11BO5. The fourth-order valence-corrected chi connectivity index (χ4v) is 0.976. The van der Waals surface area contributed by atoms with E-state index in [0.717, 1.165) is 0 Å². The molecule has 0 aromatic rings. The van der Waals surface area contributed by atoms with E-state index in [1.165, 1.54) is 0 Å². The van der Waals surface area contributed by atoms with Crippen molar-refractivity contribution in [3.8, 4) is 0 Å². The Bertz CT molecular complexity index is 171. The monoisotopic (exact) mass is 174 g/mol. The summed E-state index contributed by atoms with van der Waals surface area (Å²) in [5.74, 6) is -0.644. The summed E-state index contributed by atoms with van der Waals surface area (Å²) in [6.07, 6.45) is 0.125. The standard InChI is InChI=1S/C6H11BO5/c1-2-11-6(8)4-3-5(4)12-7(9)10/h4-5,9-10H,2-3H2,1H3. The van der Waals surface area contributed by atoms with Crippen LogP contribution in [0.3, 0.4) is 0 Å². The van der Waals surface area contributed by atoms with Crippen LogP contribution in [-0.2, 0) is 14.2 Å². The molecule has 1 aliphatic rings. The summed E-state index contributed by atoms with van der Waals surface area (Å²) in [5.41, 5.74) is 0. The molecular weight excluding hydrogens is 163 g/mol. The third-order valence-corrected chi connectivity index (χ3v) is 1.62. The Morgan fingerprint density at radius 3 is 2.83 bits per heavy atom. The van der Waals surface area contributed by atoms with Crippen LogP contribution < -0.4 is 0 Å². The molecule has 0 aromatic carbocycles. The highest BCUT2D eigenvalue weighted by Crippen LogP contribution is 2.34. The summed E-state index contributed by atoms with van der Waals surface area (Å²) >= 11 is 0. The maximum absolute atomic E-state index is 10.9. The molecule has 12 heavy (non-hydrogen) atoms. The molecule has 1 fully saturated rings. The zero-order valence-electron chi connectivity index (χ0n) is 6.77. The average molecular weight is 174 g/mol. The van der Waals surface area contributed by atoms with Crippen LogP contribution in [0.4, 0.5) is 0 Å². The maximum atomic E-state index is 10.9. The van der Waals surface area contributed by atoms with E-state index < -0.39 is 7.32 Å². The number of rotatable bonds is 4. The van der Waals surface area contributed by atoms with Crippen molar-refractivity contribution < 1.29 is 24.2 Å². The lowest BCUT2D eigenvalue weighted by molar-refractivity contribution is -0.145. The van der Waals surface area contributed by atoms with E-state index in [-0.39, 0.29) is 18.0 Å². The van der Waals surface area contributed by atoms with Gasteiger partial charge in [-0.15, -0.1) is 0 Å². The molecule has 2 atom stereocenters. The van der Waals surface area contributed by atoms with Gasteiger partial charge in [-0.25, -0.2) is 0 Å². The van der Waals surface area contributed by atoms with Crippen molar-refractivity contribution in [2.75, 3.05) is 6.61 Å². The summed E-state index contributed by atoms with van der Waals surface area (Å²) in [4.78, 5) is 10.9. The largest absolute Gasteiger partial charge is 0.634 e. The summed E-state index contributed by atoms with van der Waals surface area (Å²) in [6.45, 7) is 2.06. The van der Waals surface area contributed by atoms with Crippen LogP contribution in [0.15, 0.2) is 0 Å². The van der Waals surface area contributed by atoms with Gasteiger partial charge in [0.15, 0.2) is 0 Å². The molecule has 2 unspecified atom stereocenters. The van der Waals surface area contributed by atoms with Crippen molar-refractivity contribution in [2.45, 2.75) is 19.4 Å². The second kappa shape index (κ2) is 3.89. The van der Waals surface area contributed by atoms with Gasteiger partial charge in [0.1, 0.15) is 0 Å². The van der Waals surface area contributed by atoms with E-state index in [1.807, 2.05) is 0 Å². The molecule has 0 spiro atoms. The van der Waals surface area contributed by atoms with Gasteiger partial charge in [0, 0.05) is 0 Å². The normalized spacial score (nSPS) is 26.6. The van der Waals surface area contributed by atoms with Crippen molar-refractivity contribution in [1.82, 2.24) is 0 Å². The molecule has 0 radical (unpaired) electrons.